The molecule has 2 N–H and O–H groups in total. The number of fused-ring (bicyclic) bond motifs is 5. The van der Waals surface area contributed by atoms with Gasteiger partial charge in [-0.05, 0) is 74.0 Å². The number of Topliss-reactive ketones (excluding diaryl/α,β-unsaturated/α-hetero) is 1. The smallest absolute Gasteiger partial charge is 0.302 e. The summed E-state index contributed by atoms with van der Waals surface area (Å²) in [7, 11) is 0. The SMILES string of the molecule is CC(=O)OC1CC2C(C)(CCC3C(C)(C)CCCC32CO)C2CC(O)C(C(C)=O)=CC12C. The van der Waals surface area contributed by atoms with Gasteiger partial charge >= 0.3 is 5.97 Å². The predicted molar refractivity (Wildman–Crippen MR) is 123 cm³/mol. The van der Waals surface area contributed by atoms with Gasteiger partial charge in [0.2, 0.25) is 0 Å². The zero-order valence-corrected chi connectivity index (χ0v) is 20.7. The summed E-state index contributed by atoms with van der Waals surface area (Å²) in [4.78, 5) is 24.5. The number of carbonyl (C=O) groups excluding carboxylic acids is 2. The standard InChI is InChI=1S/C27H42O5/c1-16(29)18-14-26(6)21(12-19(18)31)25(5)11-8-20-24(3,4)9-7-10-27(20,15-28)22(25)13-23(26)32-17(2)30/h14,19-23,28,31H,7-13,15H2,1-6H3. The molecule has 0 saturated heterocycles. The highest BCUT2D eigenvalue weighted by atomic mass is 16.5. The van der Waals surface area contributed by atoms with E-state index in [2.05, 4.69) is 27.7 Å². The average molecular weight is 447 g/mol. The first-order valence-electron chi connectivity index (χ1n) is 12.5. The normalized spacial score (nSPS) is 47.4. The fourth-order valence-corrected chi connectivity index (χ4v) is 9.21. The van der Waals surface area contributed by atoms with E-state index in [0.29, 0.717) is 24.3 Å². The molecule has 0 aliphatic heterocycles. The number of aliphatic hydroxyl groups is 2. The van der Waals surface area contributed by atoms with Crippen molar-refractivity contribution in [2.45, 2.75) is 98.7 Å². The number of ketones is 1. The van der Waals surface area contributed by atoms with Crippen LogP contribution in [-0.4, -0.2) is 40.8 Å². The summed E-state index contributed by atoms with van der Waals surface area (Å²) < 4.78 is 5.98. The van der Waals surface area contributed by atoms with E-state index in [1.165, 1.54) is 20.3 Å². The first-order chi connectivity index (χ1) is 14.8. The van der Waals surface area contributed by atoms with Crippen molar-refractivity contribution < 1.29 is 24.5 Å². The third-order valence-corrected chi connectivity index (χ3v) is 10.5. The van der Waals surface area contributed by atoms with Crippen molar-refractivity contribution in [3.05, 3.63) is 11.6 Å². The molecule has 4 aliphatic rings. The second-order valence-corrected chi connectivity index (χ2v) is 12.5. The predicted octanol–water partition coefficient (Wildman–Crippen LogP) is 4.45. The lowest BCUT2D eigenvalue weighted by molar-refractivity contribution is -0.239. The second kappa shape index (κ2) is 7.66. The van der Waals surface area contributed by atoms with Gasteiger partial charge in [-0.1, -0.05) is 40.2 Å². The average Bonchev–Trinajstić information content (AvgIpc) is 2.69. The van der Waals surface area contributed by atoms with Crippen molar-refractivity contribution in [2.24, 2.45) is 39.4 Å². The van der Waals surface area contributed by atoms with Crippen LogP contribution in [0.1, 0.15) is 86.5 Å². The lowest BCUT2D eigenvalue weighted by Crippen LogP contribution is -2.67. The Labute approximate surface area is 193 Å². The first-order valence-corrected chi connectivity index (χ1v) is 12.5. The van der Waals surface area contributed by atoms with E-state index in [-0.39, 0.29) is 52.5 Å². The number of rotatable bonds is 3. The third-order valence-electron chi connectivity index (χ3n) is 10.5. The van der Waals surface area contributed by atoms with Crippen LogP contribution in [0.5, 0.6) is 0 Å². The van der Waals surface area contributed by atoms with Gasteiger partial charge in [-0.3, -0.25) is 9.59 Å². The molecule has 5 heteroatoms. The van der Waals surface area contributed by atoms with Crippen LogP contribution in [0.25, 0.3) is 0 Å². The molecule has 0 aromatic rings. The van der Waals surface area contributed by atoms with Crippen molar-refractivity contribution in [2.75, 3.05) is 6.61 Å². The molecule has 4 rings (SSSR count). The topological polar surface area (TPSA) is 83.8 Å². The summed E-state index contributed by atoms with van der Waals surface area (Å²) in [5.41, 5.74) is -0.173. The van der Waals surface area contributed by atoms with Crippen LogP contribution in [0.2, 0.25) is 0 Å². The maximum atomic E-state index is 12.3. The number of carbonyl (C=O) groups is 2. The van der Waals surface area contributed by atoms with Crippen LogP contribution in [0.4, 0.5) is 0 Å². The molecule has 5 nitrogen and oxygen atoms in total. The molecule has 0 heterocycles. The van der Waals surface area contributed by atoms with Gasteiger partial charge in [-0.2, -0.15) is 0 Å². The zero-order chi connectivity index (χ0) is 23.7. The Morgan fingerprint density at radius 2 is 1.72 bits per heavy atom. The van der Waals surface area contributed by atoms with Crippen LogP contribution in [0.3, 0.4) is 0 Å². The van der Waals surface area contributed by atoms with E-state index in [1.54, 1.807) is 0 Å². The van der Waals surface area contributed by atoms with Gasteiger partial charge in [0, 0.05) is 29.9 Å². The van der Waals surface area contributed by atoms with E-state index >= 15 is 0 Å². The van der Waals surface area contributed by atoms with Crippen LogP contribution in [-0.2, 0) is 14.3 Å². The van der Waals surface area contributed by atoms with E-state index in [4.69, 9.17) is 4.74 Å². The van der Waals surface area contributed by atoms with Gasteiger partial charge in [0.25, 0.3) is 0 Å². The summed E-state index contributed by atoms with van der Waals surface area (Å²) in [6.45, 7) is 12.3. The molecule has 0 amide bonds. The molecular formula is C27H42O5. The van der Waals surface area contributed by atoms with Gasteiger partial charge in [-0.25, -0.2) is 0 Å². The summed E-state index contributed by atoms with van der Waals surface area (Å²) in [5.74, 6) is 0.296. The van der Waals surface area contributed by atoms with Crippen molar-refractivity contribution in [3.63, 3.8) is 0 Å². The summed E-state index contributed by atoms with van der Waals surface area (Å²) in [6, 6.07) is 0. The Hall–Kier alpha value is -1.20. The van der Waals surface area contributed by atoms with E-state index in [0.717, 1.165) is 25.7 Å². The molecule has 0 bridgehead atoms. The Bertz CT molecular complexity index is 830. The lowest BCUT2D eigenvalue weighted by Gasteiger charge is -2.70. The number of ether oxygens (including phenoxy) is 1. The quantitative estimate of drug-likeness (QED) is 0.626. The monoisotopic (exact) mass is 446 g/mol. The molecule has 180 valence electrons. The minimum Gasteiger partial charge on any atom is -0.462 e. The van der Waals surface area contributed by atoms with Crippen molar-refractivity contribution in [1.82, 2.24) is 0 Å². The third kappa shape index (κ3) is 3.25. The summed E-state index contributed by atoms with van der Waals surface area (Å²) in [6.07, 6.45) is 7.39. The molecule has 32 heavy (non-hydrogen) atoms. The van der Waals surface area contributed by atoms with Crippen molar-refractivity contribution in [3.8, 4) is 0 Å². The largest absolute Gasteiger partial charge is 0.462 e. The van der Waals surface area contributed by atoms with Crippen LogP contribution in [0, 0.1) is 39.4 Å². The Kier molecular flexibility index (Phi) is 5.73. The second-order valence-electron chi connectivity index (χ2n) is 12.5. The molecule has 0 aromatic heterocycles. The highest BCUT2D eigenvalue weighted by Crippen LogP contribution is 2.72. The molecular weight excluding hydrogens is 404 g/mol. The molecule has 3 saturated carbocycles. The fraction of sp³-hybridized carbons (Fsp3) is 0.852. The van der Waals surface area contributed by atoms with E-state index in [9.17, 15) is 19.8 Å². The Morgan fingerprint density at radius 3 is 2.31 bits per heavy atom. The van der Waals surface area contributed by atoms with Gasteiger partial charge in [0.05, 0.1) is 6.10 Å². The molecule has 4 aliphatic carbocycles. The lowest BCUT2D eigenvalue weighted by atomic mass is 9.35. The number of hydrogen-bond donors (Lipinski definition) is 2. The number of aliphatic hydroxyl groups excluding tert-OH is 2. The molecule has 0 radical (unpaired) electrons. The minimum absolute atomic E-state index is 0.0746. The highest BCUT2D eigenvalue weighted by molar-refractivity contribution is 5.94. The number of esters is 1. The minimum atomic E-state index is -0.787. The molecule has 3 fully saturated rings. The van der Waals surface area contributed by atoms with Gasteiger partial charge < -0.3 is 14.9 Å². The molecule has 0 aromatic carbocycles. The van der Waals surface area contributed by atoms with Gasteiger partial charge in [0.15, 0.2) is 5.78 Å². The molecule has 8 unspecified atom stereocenters. The van der Waals surface area contributed by atoms with Gasteiger partial charge in [0.1, 0.15) is 6.10 Å². The van der Waals surface area contributed by atoms with Crippen molar-refractivity contribution in [1.29, 1.82) is 0 Å². The van der Waals surface area contributed by atoms with Crippen LogP contribution in [0.15, 0.2) is 11.6 Å². The number of hydrogen-bond acceptors (Lipinski definition) is 5. The molecule has 0 spiro atoms. The van der Waals surface area contributed by atoms with Crippen LogP contribution >= 0.6 is 0 Å². The Morgan fingerprint density at radius 1 is 1.03 bits per heavy atom. The van der Waals surface area contributed by atoms with Gasteiger partial charge in [-0.15, -0.1) is 0 Å². The zero-order valence-electron chi connectivity index (χ0n) is 20.7. The van der Waals surface area contributed by atoms with Crippen LogP contribution < -0.4 is 0 Å². The van der Waals surface area contributed by atoms with Crippen molar-refractivity contribution >= 4 is 11.8 Å². The maximum Gasteiger partial charge on any atom is 0.302 e. The van der Waals surface area contributed by atoms with E-state index in [1.807, 2.05) is 6.08 Å². The Balaban J connectivity index is 1.86. The first kappa shape index (κ1) is 23.9. The molecule has 8 atom stereocenters. The van der Waals surface area contributed by atoms with E-state index < -0.39 is 11.5 Å². The summed E-state index contributed by atoms with van der Waals surface area (Å²) >= 11 is 0. The maximum absolute atomic E-state index is 12.3. The highest BCUT2D eigenvalue weighted by Gasteiger charge is 2.68. The fourth-order valence-electron chi connectivity index (χ4n) is 9.21. The summed E-state index contributed by atoms with van der Waals surface area (Å²) in [5, 5.41) is 21.9.